The molecule has 0 saturated carbocycles. The summed E-state index contributed by atoms with van der Waals surface area (Å²) in [6, 6.07) is -1.19. The Morgan fingerprint density at radius 2 is 0.698 bits per heavy atom. The number of aliphatic hydroxyl groups excluding tert-OH is 7. The maximum atomic E-state index is 13.3. The van der Waals surface area contributed by atoms with E-state index >= 15 is 0 Å². The number of ether oxygens (including phenoxy) is 2. The van der Waals surface area contributed by atoms with Gasteiger partial charge in [-0.05, 0) is 64.2 Å². The van der Waals surface area contributed by atoms with Crippen LogP contribution in [0.4, 0.5) is 0 Å². The van der Waals surface area contributed by atoms with Crippen molar-refractivity contribution in [1.82, 2.24) is 5.32 Å². The first-order chi connectivity index (χ1) is 42.2. The minimum Gasteiger partial charge on any atom is -0.394 e. The minimum atomic E-state index is -1.67. The number of carbonyl (C=O) groups is 1. The molecule has 1 aliphatic rings. The van der Waals surface area contributed by atoms with Crippen molar-refractivity contribution in [2.45, 2.75) is 422 Å². The number of carbonyl (C=O) groups excluding carboxylic acids is 1. The van der Waals surface area contributed by atoms with Crippen LogP contribution in [0.2, 0.25) is 0 Å². The second kappa shape index (κ2) is 63.5. The van der Waals surface area contributed by atoms with Crippen LogP contribution in [0.3, 0.4) is 0 Å². The van der Waals surface area contributed by atoms with Gasteiger partial charge >= 0.3 is 0 Å². The van der Waals surface area contributed by atoms with E-state index in [9.17, 15) is 40.5 Å². The second-order valence-electron chi connectivity index (χ2n) is 26.4. The lowest BCUT2D eigenvalue weighted by molar-refractivity contribution is -0.303. The van der Waals surface area contributed by atoms with Crippen molar-refractivity contribution in [3.8, 4) is 0 Å². The third kappa shape index (κ3) is 50.0. The molecule has 1 saturated heterocycles. The minimum absolute atomic E-state index is 0.243. The van der Waals surface area contributed by atoms with Gasteiger partial charge in [0.2, 0.25) is 5.91 Å². The third-order valence-corrected chi connectivity index (χ3v) is 18.2. The number of hydrogen-bond donors (Lipinski definition) is 8. The van der Waals surface area contributed by atoms with E-state index < -0.39 is 74.2 Å². The Kier molecular flexibility index (Phi) is 60.8. The normalized spacial score (nSPS) is 18.9. The van der Waals surface area contributed by atoms with Gasteiger partial charge in [0.25, 0.3) is 0 Å². The van der Waals surface area contributed by atoms with Crippen molar-refractivity contribution in [2.24, 2.45) is 0 Å². The summed E-state index contributed by atoms with van der Waals surface area (Å²) in [5.41, 5.74) is 0. The Bertz CT molecular complexity index is 1490. The monoisotopic (exact) mass is 1220 g/mol. The van der Waals surface area contributed by atoms with E-state index in [0.29, 0.717) is 19.3 Å². The van der Waals surface area contributed by atoms with Gasteiger partial charge in [-0.25, -0.2) is 0 Å². The molecular weight excluding hydrogens is 1070 g/mol. The Morgan fingerprint density at radius 1 is 0.395 bits per heavy atom. The predicted molar refractivity (Wildman–Crippen MR) is 362 cm³/mol. The van der Waals surface area contributed by atoms with Crippen LogP contribution in [0.1, 0.15) is 367 Å². The summed E-state index contributed by atoms with van der Waals surface area (Å²) in [4.78, 5) is 13.3. The highest BCUT2D eigenvalue weighted by Gasteiger charge is 2.44. The Balaban J connectivity index is 2.19. The maximum Gasteiger partial charge on any atom is 0.249 e. The zero-order chi connectivity index (χ0) is 62.4. The summed E-state index contributed by atoms with van der Waals surface area (Å²) in [5, 5.41) is 76.5. The van der Waals surface area contributed by atoms with E-state index in [4.69, 9.17) is 9.47 Å². The predicted octanol–water partition coefficient (Wildman–Crippen LogP) is 18.5. The van der Waals surface area contributed by atoms with Crippen LogP contribution in [-0.2, 0) is 14.3 Å². The number of amides is 1. The van der Waals surface area contributed by atoms with Crippen LogP contribution in [0, 0.1) is 0 Å². The van der Waals surface area contributed by atoms with Gasteiger partial charge in [-0.15, -0.1) is 0 Å². The first-order valence-electron chi connectivity index (χ1n) is 37.4. The number of hydrogen-bond acceptors (Lipinski definition) is 10. The van der Waals surface area contributed by atoms with Crippen molar-refractivity contribution in [3.05, 3.63) is 36.5 Å². The van der Waals surface area contributed by atoms with Gasteiger partial charge in [0, 0.05) is 0 Å². The number of rotatable bonds is 66. The highest BCUT2D eigenvalue weighted by molar-refractivity contribution is 5.80. The maximum absolute atomic E-state index is 13.3. The molecule has 9 unspecified atom stereocenters. The summed E-state index contributed by atoms with van der Waals surface area (Å²) in [5.74, 6) is -0.705. The van der Waals surface area contributed by atoms with Crippen molar-refractivity contribution in [1.29, 1.82) is 0 Å². The van der Waals surface area contributed by atoms with Crippen molar-refractivity contribution >= 4 is 5.91 Å². The lowest BCUT2D eigenvalue weighted by atomic mass is 9.98. The zero-order valence-electron chi connectivity index (χ0n) is 56.3. The summed E-state index contributed by atoms with van der Waals surface area (Å²) < 4.78 is 11.2. The fourth-order valence-electron chi connectivity index (χ4n) is 12.2. The second-order valence-corrected chi connectivity index (χ2v) is 26.4. The van der Waals surface area contributed by atoms with E-state index in [1.54, 1.807) is 0 Å². The van der Waals surface area contributed by atoms with Crippen molar-refractivity contribution in [2.75, 3.05) is 13.2 Å². The van der Waals surface area contributed by atoms with Crippen LogP contribution in [0.15, 0.2) is 36.5 Å². The van der Waals surface area contributed by atoms with Gasteiger partial charge in [0.05, 0.1) is 25.4 Å². The van der Waals surface area contributed by atoms with Crippen LogP contribution in [-0.4, -0.2) is 110 Å². The lowest BCUT2D eigenvalue weighted by Crippen LogP contribution is -2.60. The van der Waals surface area contributed by atoms with Crippen LogP contribution >= 0.6 is 0 Å². The summed E-state index contributed by atoms with van der Waals surface area (Å²) >= 11 is 0. The molecule has 8 N–H and O–H groups in total. The lowest BCUT2D eigenvalue weighted by Gasteiger charge is -2.40. The fourth-order valence-corrected chi connectivity index (χ4v) is 12.2. The smallest absolute Gasteiger partial charge is 0.249 e. The molecule has 0 aromatic carbocycles. The Morgan fingerprint density at radius 3 is 1.03 bits per heavy atom. The van der Waals surface area contributed by atoms with Crippen LogP contribution in [0.5, 0.6) is 0 Å². The summed E-state index contributed by atoms with van der Waals surface area (Å²) in [6.45, 7) is 3.50. The molecule has 86 heavy (non-hydrogen) atoms. The first kappa shape index (κ1) is 82.3. The Labute approximate surface area is 530 Å². The molecule has 1 aliphatic heterocycles. The third-order valence-electron chi connectivity index (χ3n) is 18.2. The summed E-state index contributed by atoms with van der Waals surface area (Å²) in [7, 11) is 0. The molecule has 1 fully saturated rings. The van der Waals surface area contributed by atoms with E-state index in [1.165, 1.54) is 276 Å². The number of aliphatic hydroxyl groups is 7. The number of nitrogens with one attached hydrogen (secondary N) is 1. The zero-order valence-corrected chi connectivity index (χ0v) is 56.3. The van der Waals surface area contributed by atoms with Gasteiger partial charge in [0.15, 0.2) is 6.29 Å². The molecule has 508 valence electrons. The molecule has 0 radical (unpaired) electrons. The first-order valence-corrected chi connectivity index (χ1v) is 37.4. The molecule has 0 aliphatic carbocycles. The topological polar surface area (TPSA) is 189 Å². The SMILES string of the molecule is CCCCCCCCCCCCCCCC/C=C/CC/C=C/CC/C=C/CCCC(O)C(O)C(COC1OC(CO)C(O)C(O)C1O)NC(=O)C(O)CCCCCCCCCCCCCCCCCCCCCCCCCCCCCCCCCC. The van der Waals surface area contributed by atoms with Gasteiger partial charge < -0.3 is 50.5 Å². The molecule has 11 heteroatoms. The van der Waals surface area contributed by atoms with Gasteiger partial charge in [-0.3, -0.25) is 4.79 Å². The molecule has 1 heterocycles. The summed E-state index contributed by atoms with van der Waals surface area (Å²) in [6.07, 6.45) is 71.1. The molecule has 0 bridgehead atoms. The van der Waals surface area contributed by atoms with Crippen molar-refractivity contribution in [3.63, 3.8) is 0 Å². The van der Waals surface area contributed by atoms with E-state index in [2.05, 4.69) is 55.6 Å². The van der Waals surface area contributed by atoms with E-state index in [1.807, 2.05) is 0 Å². The fraction of sp³-hybridized carbons (Fsp3) is 0.907. The molecule has 0 aromatic heterocycles. The Hall–Kier alpha value is -1.67. The standard InChI is InChI=1S/C75H143NO10/c1-3-5-7-9-11-13-15-17-19-21-23-25-27-29-31-32-33-34-35-37-39-41-43-45-47-49-51-53-55-57-59-61-63-68(79)74(84)76-66(65-85-75-73(83)72(82)71(81)69(64-77)86-75)70(80)67(78)62-60-58-56-54-52-50-48-46-44-42-40-38-36-30-28-26-24-22-20-18-16-14-12-10-8-6-4-2/h38,40,46,48,54,56,66-73,75,77-83H,3-37,39,41-45,47,49-53,55,57-65H2,1-2H3,(H,76,84)/b40-38+,48-46+,56-54+. The largest absolute Gasteiger partial charge is 0.394 e. The molecule has 1 amide bonds. The van der Waals surface area contributed by atoms with Crippen molar-refractivity contribution < 1.29 is 50.0 Å². The molecule has 1 rings (SSSR count). The average Bonchev–Trinajstić information content (AvgIpc) is 3.31. The number of allylic oxidation sites excluding steroid dienone is 6. The van der Waals surface area contributed by atoms with E-state index in [0.717, 1.165) is 44.9 Å². The molecule has 11 nitrogen and oxygen atoms in total. The highest BCUT2D eigenvalue weighted by atomic mass is 16.7. The average molecular weight is 1220 g/mol. The number of unbranched alkanes of at least 4 members (excludes halogenated alkanes) is 48. The quantitative estimate of drug-likeness (QED) is 0.0215. The van der Waals surface area contributed by atoms with Gasteiger partial charge in [-0.2, -0.15) is 0 Å². The molecule has 0 aromatic rings. The van der Waals surface area contributed by atoms with Gasteiger partial charge in [-0.1, -0.05) is 339 Å². The van der Waals surface area contributed by atoms with E-state index in [-0.39, 0.29) is 12.8 Å². The molecule has 0 spiro atoms. The van der Waals surface area contributed by atoms with Crippen LogP contribution < -0.4 is 5.32 Å². The molecule has 9 atom stereocenters. The van der Waals surface area contributed by atoms with Gasteiger partial charge in [0.1, 0.15) is 36.6 Å². The highest BCUT2D eigenvalue weighted by Crippen LogP contribution is 2.24. The molecular formula is C75H143NO10. The van der Waals surface area contributed by atoms with Crippen LogP contribution in [0.25, 0.3) is 0 Å².